The summed E-state index contributed by atoms with van der Waals surface area (Å²) in [4.78, 5) is 15.7. The Bertz CT molecular complexity index is 949. The van der Waals surface area contributed by atoms with Crippen molar-refractivity contribution in [3.63, 3.8) is 0 Å². The van der Waals surface area contributed by atoms with Crippen LogP contribution in [0.4, 0.5) is 11.4 Å². The number of ether oxygens (including phenoxy) is 1. The van der Waals surface area contributed by atoms with Crippen LogP contribution in [0.1, 0.15) is 38.1 Å². The molecule has 0 aliphatic heterocycles. The van der Waals surface area contributed by atoms with Gasteiger partial charge in [-0.05, 0) is 29.7 Å². The van der Waals surface area contributed by atoms with E-state index >= 15 is 0 Å². The van der Waals surface area contributed by atoms with Gasteiger partial charge in [0.15, 0.2) is 0 Å². The maximum Gasteiger partial charge on any atom is 0.246 e. The van der Waals surface area contributed by atoms with Crippen LogP contribution in [0.3, 0.4) is 0 Å². The maximum absolute atomic E-state index is 11.3. The van der Waals surface area contributed by atoms with Gasteiger partial charge in [0.05, 0.1) is 19.3 Å². The number of aromatic nitrogens is 2. The Morgan fingerprint density at radius 3 is 2.57 bits per heavy atom. The van der Waals surface area contributed by atoms with Gasteiger partial charge in [0.2, 0.25) is 17.6 Å². The van der Waals surface area contributed by atoms with Gasteiger partial charge in [0.1, 0.15) is 5.75 Å². The fourth-order valence-electron chi connectivity index (χ4n) is 2.76. The Kier molecular flexibility index (Phi) is 5.93. The lowest BCUT2D eigenvalue weighted by Gasteiger charge is -2.12. The molecule has 2 aromatic carbocycles. The molecular weight excluding hydrogens is 356 g/mol. The SMILES string of the molecule is COc1ccc(NC(C)=O)cc1NCc1nc(-c2ccc(C(C)C)cc2)no1. The number of carbonyl (C=O) groups is 1. The Balaban J connectivity index is 1.71. The molecule has 0 fully saturated rings. The second kappa shape index (κ2) is 8.56. The third-order valence-corrected chi connectivity index (χ3v) is 4.25. The number of anilines is 2. The largest absolute Gasteiger partial charge is 0.495 e. The normalized spacial score (nSPS) is 10.8. The molecule has 0 saturated carbocycles. The summed E-state index contributed by atoms with van der Waals surface area (Å²) >= 11 is 0. The van der Waals surface area contributed by atoms with Crippen molar-refractivity contribution in [2.24, 2.45) is 0 Å². The van der Waals surface area contributed by atoms with Gasteiger partial charge in [-0.25, -0.2) is 0 Å². The van der Waals surface area contributed by atoms with E-state index in [1.807, 2.05) is 12.1 Å². The zero-order valence-corrected chi connectivity index (χ0v) is 16.4. The summed E-state index contributed by atoms with van der Waals surface area (Å²) in [6.07, 6.45) is 0. The number of nitrogens with zero attached hydrogens (tertiary/aromatic N) is 2. The lowest BCUT2D eigenvalue weighted by molar-refractivity contribution is -0.114. The van der Waals surface area contributed by atoms with Crippen LogP contribution in [-0.4, -0.2) is 23.2 Å². The molecule has 3 rings (SSSR count). The molecule has 1 heterocycles. The Morgan fingerprint density at radius 2 is 1.93 bits per heavy atom. The standard InChI is InChI=1S/C21H24N4O3/c1-13(2)15-5-7-16(8-6-15)21-24-20(28-25-21)12-22-18-11-17(23-14(3)26)9-10-19(18)27-4/h5-11,13,22H,12H2,1-4H3,(H,23,26). The van der Waals surface area contributed by atoms with Gasteiger partial charge in [-0.1, -0.05) is 43.3 Å². The molecule has 1 aromatic heterocycles. The number of benzene rings is 2. The van der Waals surface area contributed by atoms with E-state index < -0.39 is 0 Å². The first kappa shape index (κ1) is 19.4. The molecule has 0 spiro atoms. The van der Waals surface area contributed by atoms with E-state index in [9.17, 15) is 4.79 Å². The minimum atomic E-state index is -0.138. The zero-order valence-electron chi connectivity index (χ0n) is 16.4. The number of hydrogen-bond donors (Lipinski definition) is 2. The van der Waals surface area contributed by atoms with Gasteiger partial charge in [0.25, 0.3) is 0 Å². The fraction of sp³-hybridized carbons (Fsp3) is 0.286. The van der Waals surface area contributed by atoms with Crippen LogP contribution < -0.4 is 15.4 Å². The van der Waals surface area contributed by atoms with Crippen LogP contribution in [0.25, 0.3) is 11.4 Å². The highest BCUT2D eigenvalue weighted by Gasteiger charge is 2.11. The average molecular weight is 380 g/mol. The molecule has 3 aromatic rings. The molecule has 0 aliphatic rings. The van der Waals surface area contributed by atoms with Crippen molar-refractivity contribution in [3.8, 4) is 17.1 Å². The van der Waals surface area contributed by atoms with Crippen LogP contribution in [0, 0.1) is 0 Å². The second-order valence-electron chi connectivity index (χ2n) is 6.74. The molecule has 0 saturated heterocycles. The Hall–Kier alpha value is -3.35. The predicted octanol–water partition coefficient (Wildman–Crippen LogP) is 4.44. The zero-order chi connectivity index (χ0) is 20.1. The quantitative estimate of drug-likeness (QED) is 0.630. The number of hydrogen-bond acceptors (Lipinski definition) is 6. The summed E-state index contributed by atoms with van der Waals surface area (Å²) in [5, 5.41) is 10.0. The van der Waals surface area contributed by atoms with Gasteiger partial charge in [-0.3, -0.25) is 4.79 Å². The van der Waals surface area contributed by atoms with Gasteiger partial charge < -0.3 is 19.9 Å². The number of rotatable bonds is 7. The maximum atomic E-state index is 11.3. The molecule has 2 N–H and O–H groups in total. The van der Waals surface area contributed by atoms with Crippen molar-refractivity contribution in [2.75, 3.05) is 17.7 Å². The molecule has 7 nitrogen and oxygen atoms in total. The van der Waals surface area contributed by atoms with Crippen LogP contribution >= 0.6 is 0 Å². The van der Waals surface area contributed by atoms with E-state index in [0.29, 0.717) is 35.6 Å². The summed E-state index contributed by atoms with van der Waals surface area (Å²) in [6, 6.07) is 13.5. The monoisotopic (exact) mass is 380 g/mol. The van der Waals surface area contributed by atoms with Gasteiger partial charge in [0, 0.05) is 18.2 Å². The highest BCUT2D eigenvalue weighted by molar-refractivity contribution is 5.89. The van der Waals surface area contributed by atoms with E-state index in [2.05, 4.69) is 46.8 Å². The predicted molar refractivity (Wildman–Crippen MR) is 108 cm³/mol. The number of amides is 1. The first-order valence-electron chi connectivity index (χ1n) is 9.08. The van der Waals surface area contributed by atoms with Gasteiger partial charge >= 0.3 is 0 Å². The summed E-state index contributed by atoms with van der Waals surface area (Å²) in [6.45, 7) is 6.10. The lowest BCUT2D eigenvalue weighted by atomic mass is 10.0. The molecule has 0 unspecified atom stereocenters. The number of nitrogens with one attached hydrogen (secondary N) is 2. The topological polar surface area (TPSA) is 89.3 Å². The molecule has 0 bridgehead atoms. The average Bonchev–Trinajstić information content (AvgIpc) is 3.15. The van der Waals surface area contributed by atoms with E-state index in [0.717, 1.165) is 11.3 Å². The molecule has 1 amide bonds. The molecule has 7 heteroatoms. The smallest absolute Gasteiger partial charge is 0.246 e. The highest BCUT2D eigenvalue weighted by Crippen LogP contribution is 2.28. The molecular formula is C21H24N4O3. The van der Waals surface area contributed by atoms with Gasteiger partial charge in [-0.2, -0.15) is 4.98 Å². The van der Waals surface area contributed by atoms with Crippen molar-refractivity contribution in [1.82, 2.24) is 10.1 Å². The molecule has 0 atom stereocenters. The van der Waals surface area contributed by atoms with Crippen LogP contribution in [0.5, 0.6) is 5.75 Å². The van der Waals surface area contributed by atoms with Crippen molar-refractivity contribution in [2.45, 2.75) is 33.2 Å². The fourth-order valence-corrected chi connectivity index (χ4v) is 2.76. The molecule has 0 aliphatic carbocycles. The van der Waals surface area contributed by atoms with Crippen molar-refractivity contribution >= 4 is 17.3 Å². The summed E-state index contributed by atoms with van der Waals surface area (Å²) in [5.41, 5.74) is 3.56. The van der Waals surface area contributed by atoms with E-state index in [4.69, 9.17) is 9.26 Å². The lowest BCUT2D eigenvalue weighted by Crippen LogP contribution is -2.07. The second-order valence-corrected chi connectivity index (χ2v) is 6.74. The van der Waals surface area contributed by atoms with Crippen molar-refractivity contribution in [3.05, 3.63) is 53.9 Å². The summed E-state index contributed by atoms with van der Waals surface area (Å²) in [5.74, 6) is 1.99. The third kappa shape index (κ3) is 4.68. The Labute approximate surface area is 164 Å². The minimum Gasteiger partial charge on any atom is -0.495 e. The molecule has 146 valence electrons. The highest BCUT2D eigenvalue weighted by atomic mass is 16.5. The Morgan fingerprint density at radius 1 is 1.18 bits per heavy atom. The van der Waals surface area contributed by atoms with E-state index in [1.165, 1.54) is 12.5 Å². The number of carbonyl (C=O) groups excluding carboxylic acids is 1. The van der Waals surface area contributed by atoms with Crippen LogP contribution in [0.15, 0.2) is 47.0 Å². The van der Waals surface area contributed by atoms with E-state index in [-0.39, 0.29) is 5.91 Å². The summed E-state index contributed by atoms with van der Waals surface area (Å²) in [7, 11) is 1.59. The van der Waals surface area contributed by atoms with Crippen LogP contribution in [0.2, 0.25) is 0 Å². The van der Waals surface area contributed by atoms with Crippen molar-refractivity contribution in [1.29, 1.82) is 0 Å². The first-order valence-corrected chi connectivity index (χ1v) is 9.08. The van der Waals surface area contributed by atoms with E-state index in [1.54, 1.807) is 25.3 Å². The molecule has 0 radical (unpaired) electrons. The third-order valence-electron chi connectivity index (χ3n) is 4.25. The summed E-state index contributed by atoms with van der Waals surface area (Å²) < 4.78 is 10.7. The van der Waals surface area contributed by atoms with Crippen LogP contribution in [-0.2, 0) is 11.3 Å². The number of methoxy groups -OCH3 is 1. The molecule has 28 heavy (non-hydrogen) atoms. The first-order chi connectivity index (χ1) is 13.5. The van der Waals surface area contributed by atoms with Gasteiger partial charge in [-0.15, -0.1) is 0 Å². The minimum absolute atomic E-state index is 0.138. The van der Waals surface area contributed by atoms with Crippen molar-refractivity contribution < 1.29 is 14.1 Å².